The van der Waals surface area contributed by atoms with Crippen molar-refractivity contribution in [3.8, 4) is 0 Å². The third-order valence-corrected chi connectivity index (χ3v) is 5.68. The predicted molar refractivity (Wildman–Crippen MR) is 118 cm³/mol. The summed E-state index contributed by atoms with van der Waals surface area (Å²) >= 11 is 0. The van der Waals surface area contributed by atoms with Gasteiger partial charge < -0.3 is 15.1 Å². The molecule has 5 heteroatoms. The van der Waals surface area contributed by atoms with Gasteiger partial charge in [0.15, 0.2) is 0 Å². The van der Waals surface area contributed by atoms with Crippen LogP contribution in [0.4, 0.5) is 11.4 Å². The van der Waals surface area contributed by atoms with Gasteiger partial charge in [0, 0.05) is 37.6 Å². The Morgan fingerprint density at radius 2 is 1.69 bits per heavy atom. The van der Waals surface area contributed by atoms with E-state index in [9.17, 15) is 9.59 Å². The molecular formula is C24H31N3O2. The molecule has 0 radical (unpaired) electrons. The zero-order valence-electron chi connectivity index (χ0n) is 17.9. The normalized spacial score (nSPS) is 14.6. The van der Waals surface area contributed by atoms with Crippen molar-refractivity contribution in [2.75, 3.05) is 36.4 Å². The largest absolute Gasteiger partial charge is 0.368 e. The van der Waals surface area contributed by atoms with Crippen LogP contribution in [0.1, 0.15) is 31.9 Å². The van der Waals surface area contributed by atoms with Crippen molar-refractivity contribution in [1.82, 2.24) is 4.90 Å². The third kappa shape index (κ3) is 4.61. The molecule has 2 aromatic carbocycles. The summed E-state index contributed by atoms with van der Waals surface area (Å²) in [5.41, 5.74) is 3.14. The molecule has 1 heterocycles. The van der Waals surface area contributed by atoms with Gasteiger partial charge in [-0.2, -0.15) is 0 Å². The van der Waals surface area contributed by atoms with E-state index in [0.29, 0.717) is 13.1 Å². The molecular weight excluding hydrogens is 362 g/mol. The Hall–Kier alpha value is -2.82. The van der Waals surface area contributed by atoms with E-state index in [2.05, 4.69) is 48.3 Å². The highest BCUT2D eigenvalue weighted by Gasteiger charge is 2.40. The average molecular weight is 394 g/mol. The van der Waals surface area contributed by atoms with Gasteiger partial charge in [-0.05, 0) is 56.5 Å². The number of rotatable bonds is 5. The second-order valence-electron chi connectivity index (χ2n) is 8.21. The number of hydrogen-bond acceptors (Lipinski definition) is 3. The quantitative estimate of drug-likeness (QED) is 0.785. The van der Waals surface area contributed by atoms with Crippen molar-refractivity contribution in [2.24, 2.45) is 5.41 Å². The molecule has 0 bridgehead atoms. The summed E-state index contributed by atoms with van der Waals surface area (Å²) < 4.78 is 0. The maximum Gasteiger partial charge on any atom is 0.239 e. The van der Waals surface area contributed by atoms with Gasteiger partial charge in [0.1, 0.15) is 5.41 Å². The highest BCUT2D eigenvalue weighted by molar-refractivity contribution is 6.10. The van der Waals surface area contributed by atoms with Crippen molar-refractivity contribution < 1.29 is 9.59 Å². The monoisotopic (exact) mass is 393 g/mol. The summed E-state index contributed by atoms with van der Waals surface area (Å²) in [6.07, 6.45) is 0.825. The lowest BCUT2D eigenvalue weighted by Crippen LogP contribution is -2.54. The first-order valence-corrected chi connectivity index (χ1v) is 10.3. The molecule has 1 fully saturated rings. The van der Waals surface area contributed by atoms with Crippen LogP contribution in [0.3, 0.4) is 0 Å². The van der Waals surface area contributed by atoms with E-state index in [0.717, 1.165) is 30.8 Å². The fourth-order valence-electron chi connectivity index (χ4n) is 3.71. The van der Waals surface area contributed by atoms with Crippen LogP contribution in [0.2, 0.25) is 0 Å². The summed E-state index contributed by atoms with van der Waals surface area (Å²) in [5, 5.41) is 2.97. The highest BCUT2D eigenvalue weighted by atomic mass is 16.2. The summed E-state index contributed by atoms with van der Waals surface area (Å²) in [6.45, 7) is 10.3. The first-order valence-electron chi connectivity index (χ1n) is 10.3. The van der Waals surface area contributed by atoms with Crippen LogP contribution in [0.5, 0.6) is 0 Å². The van der Waals surface area contributed by atoms with Crippen LogP contribution in [0.25, 0.3) is 0 Å². The lowest BCUT2D eigenvalue weighted by Gasteiger charge is -2.39. The summed E-state index contributed by atoms with van der Waals surface area (Å²) in [6, 6.07) is 16.2. The first kappa shape index (κ1) is 20.9. The molecule has 0 aromatic heterocycles. The molecule has 0 spiro atoms. The van der Waals surface area contributed by atoms with Crippen LogP contribution in [-0.2, 0) is 16.0 Å². The molecule has 0 aliphatic carbocycles. The van der Waals surface area contributed by atoms with Crippen molar-refractivity contribution in [1.29, 1.82) is 0 Å². The average Bonchev–Trinajstić information content (AvgIpc) is 2.73. The van der Waals surface area contributed by atoms with Gasteiger partial charge in [-0.1, -0.05) is 37.3 Å². The molecule has 1 aliphatic heterocycles. The zero-order chi connectivity index (χ0) is 21.0. The van der Waals surface area contributed by atoms with E-state index in [4.69, 9.17) is 0 Å². The fraction of sp³-hybridized carbons (Fsp3) is 0.417. The smallest absolute Gasteiger partial charge is 0.239 e. The first-order chi connectivity index (χ1) is 13.8. The summed E-state index contributed by atoms with van der Waals surface area (Å²) in [7, 11) is 0. The third-order valence-electron chi connectivity index (χ3n) is 5.68. The number of carbonyl (C=O) groups is 2. The van der Waals surface area contributed by atoms with E-state index < -0.39 is 5.41 Å². The Bertz CT molecular complexity index is 883. The molecule has 29 heavy (non-hydrogen) atoms. The fourth-order valence-corrected chi connectivity index (χ4v) is 3.71. The van der Waals surface area contributed by atoms with Crippen molar-refractivity contribution in [3.63, 3.8) is 0 Å². The minimum atomic E-state index is -1.12. The molecule has 154 valence electrons. The molecule has 0 saturated carbocycles. The van der Waals surface area contributed by atoms with Gasteiger partial charge in [-0.25, -0.2) is 0 Å². The van der Waals surface area contributed by atoms with Crippen LogP contribution in [0, 0.1) is 12.3 Å². The minimum Gasteiger partial charge on any atom is -0.368 e. The molecule has 3 rings (SSSR count). The Morgan fingerprint density at radius 1 is 1.00 bits per heavy atom. The molecule has 0 unspecified atom stereocenters. The summed E-state index contributed by atoms with van der Waals surface area (Å²) in [5.74, 6) is -0.377. The SMILES string of the molecule is CCc1ccccc1NC(=O)C(C)(C)C(=O)N1CCN(c2cccc(C)c2)CC1. The molecule has 2 amide bonds. The van der Waals surface area contributed by atoms with Gasteiger partial charge in [-0.3, -0.25) is 9.59 Å². The maximum atomic E-state index is 13.1. The van der Waals surface area contributed by atoms with Gasteiger partial charge in [0.2, 0.25) is 11.8 Å². The van der Waals surface area contributed by atoms with Crippen LogP contribution >= 0.6 is 0 Å². The molecule has 1 N–H and O–H groups in total. The predicted octanol–water partition coefficient (Wildman–Crippen LogP) is 3.87. The second-order valence-corrected chi connectivity index (χ2v) is 8.21. The Kier molecular flexibility index (Phi) is 6.26. The van der Waals surface area contributed by atoms with E-state index in [-0.39, 0.29) is 11.8 Å². The Labute approximate surface area is 173 Å². The summed E-state index contributed by atoms with van der Waals surface area (Å²) in [4.78, 5) is 30.2. The van der Waals surface area contributed by atoms with Gasteiger partial charge in [-0.15, -0.1) is 0 Å². The number of para-hydroxylation sites is 1. The molecule has 2 aromatic rings. The number of nitrogens with zero attached hydrogens (tertiary/aromatic N) is 2. The van der Waals surface area contributed by atoms with E-state index >= 15 is 0 Å². The zero-order valence-corrected chi connectivity index (χ0v) is 17.9. The number of benzene rings is 2. The van der Waals surface area contributed by atoms with E-state index in [1.165, 1.54) is 11.3 Å². The standard InChI is InChI=1S/C24H31N3O2/c1-5-19-10-6-7-12-21(19)25-22(28)24(3,4)23(29)27-15-13-26(14-16-27)20-11-8-9-18(2)17-20/h6-12,17H,5,13-16H2,1-4H3,(H,25,28). The molecule has 5 nitrogen and oxygen atoms in total. The molecule has 1 saturated heterocycles. The van der Waals surface area contributed by atoms with Crippen molar-refractivity contribution in [2.45, 2.75) is 34.1 Å². The number of anilines is 2. The van der Waals surface area contributed by atoms with Gasteiger partial charge in [0.25, 0.3) is 0 Å². The minimum absolute atomic E-state index is 0.118. The molecule has 1 aliphatic rings. The van der Waals surface area contributed by atoms with Crippen molar-refractivity contribution in [3.05, 3.63) is 59.7 Å². The number of aryl methyl sites for hydroxylation is 2. The number of piperazine rings is 1. The van der Waals surface area contributed by atoms with Crippen LogP contribution in [0.15, 0.2) is 48.5 Å². The van der Waals surface area contributed by atoms with Crippen LogP contribution in [-0.4, -0.2) is 42.9 Å². The lowest BCUT2D eigenvalue weighted by molar-refractivity contribution is -0.146. The molecule has 0 atom stereocenters. The van der Waals surface area contributed by atoms with E-state index in [1.807, 2.05) is 29.2 Å². The van der Waals surface area contributed by atoms with Crippen LogP contribution < -0.4 is 10.2 Å². The van der Waals surface area contributed by atoms with Gasteiger partial charge >= 0.3 is 0 Å². The Morgan fingerprint density at radius 3 is 2.34 bits per heavy atom. The van der Waals surface area contributed by atoms with Gasteiger partial charge in [0.05, 0.1) is 0 Å². The number of carbonyl (C=O) groups excluding carboxylic acids is 2. The maximum absolute atomic E-state index is 13.1. The van der Waals surface area contributed by atoms with Crippen molar-refractivity contribution >= 4 is 23.2 Å². The second kappa shape index (κ2) is 8.68. The number of nitrogens with one attached hydrogen (secondary N) is 1. The number of amides is 2. The van der Waals surface area contributed by atoms with E-state index in [1.54, 1.807) is 13.8 Å². The topological polar surface area (TPSA) is 52.7 Å². The number of hydrogen-bond donors (Lipinski definition) is 1. The lowest BCUT2D eigenvalue weighted by atomic mass is 9.89. The Balaban J connectivity index is 1.64. The highest BCUT2D eigenvalue weighted by Crippen LogP contribution is 2.25.